The number of rotatable bonds is 5. The quantitative estimate of drug-likeness (QED) is 0.621. The number of para-hydroxylation sites is 1. The maximum Gasteiger partial charge on any atom is 0.451 e. The van der Waals surface area contributed by atoms with E-state index in [9.17, 15) is 0 Å². The fraction of sp³-hybridized carbons (Fsp3) is 0.333. The lowest BCUT2D eigenvalue weighted by Gasteiger charge is -2.09. The summed E-state index contributed by atoms with van der Waals surface area (Å²) in [6, 6.07) is 5.10. The molecule has 1 aromatic carbocycles. The van der Waals surface area contributed by atoms with Crippen LogP contribution in [0, 0.1) is 0 Å². The van der Waals surface area contributed by atoms with E-state index < -0.39 is 7.12 Å². The molecule has 0 atom stereocenters. The number of ether oxygens (including phenoxy) is 1. The van der Waals surface area contributed by atoms with Crippen molar-refractivity contribution in [1.82, 2.24) is 0 Å². The van der Waals surface area contributed by atoms with Crippen LogP contribution in [0.4, 0.5) is 0 Å². The first-order valence-corrected chi connectivity index (χ1v) is 5.30. The van der Waals surface area contributed by atoms with Gasteiger partial charge >= 0.3 is 7.12 Å². The van der Waals surface area contributed by atoms with Crippen LogP contribution < -0.4 is 4.74 Å². The van der Waals surface area contributed by atoms with E-state index in [1.807, 2.05) is 0 Å². The lowest BCUT2D eigenvalue weighted by molar-refractivity contribution is 0.309. The summed E-state index contributed by atoms with van der Waals surface area (Å²) in [5, 5.41) is 18.1. The Balaban J connectivity index is 2.43. The number of benzene rings is 1. The van der Waals surface area contributed by atoms with Crippen LogP contribution in [0.15, 0.2) is 18.2 Å². The highest BCUT2D eigenvalue weighted by Crippen LogP contribution is 2.32. The van der Waals surface area contributed by atoms with Crippen LogP contribution in [-0.2, 0) is 0 Å². The Morgan fingerprint density at radius 3 is 2.33 bits per heavy atom. The molecule has 1 aromatic rings. The smallest absolute Gasteiger partial charge is 0.451 e. The van der Waals surface area contributed by atoms with E-state index in [-0.39, 0.29) is 6.32 Å². The number of halogens is 2. The molecule has 0 amide bonds. The zero-order chi connectivity index (χ0) is 11.3. The fourth-order valence-corrected chi connectivity index (χ4v) is 1.57. The van der Waals surface area contributed by atoms with E-state index in [1.54, 1.807) is 18.2 Å². The Kier molecular flexibility index (Phi) is 5.25. The summed E-state index contributed by atoms with van der Waals surface area (Å²) in [6.07, 6.45) is 0.793. The average Bonchev–Trinajstić information content (AvgIpc) is 2.15. The van der Waals surface area contributed by atoms with Crippen molar-refractivity contribution in [1.29, 1.82) is 0 Å². The molecule has 0 spiro atoms. The Morgan fingerprint density at radius 2 is 1.80 bits per heavy atom. The first-order valence-electron chi connectivity index (χ1n) is 4.54. The molecule has 0 saturated carbocycles. The van der Waals surface area contributed by atoms with E-state index >= 15 is 0 Å². The SMILES string of the molecule is OB(O)CCCOc1c(Cl)cccc1Cl. The molecular weight excluding hydrogens is 238 g/mol. The van der Waals surface area contributed by atoms with Crippen molar-refractivity contribution in [2.45, 2.75) is 12.7 Å². The van der Waals surface area contributed by atoms with Gasteiger partial charge in [-0.15, -0.1) is 0 Å². The molecule has 0 aliphatic heterocycles. The normalized spacial score (nSPS) is 10.1. The van der Waals surface area contributed by atoms with E-state index in [0.717, 1.165) is 0 Å². The summed E-state index contributed by atoms with van der Waals surface area (Å²) in [5.74, 6) is 0.438. The summed E-state index contributed by atoms with van der Waals surface area (Å²) in [7, 11) is -1.30. The van der Waals surface area contributed by atoms with Crippen LogP contribution >= 0.6 is 23.2 Å². The van der Waals surface area contributed by atoms with Crippen LogP contribution in [0.1, 0.15) is 6.42 Å². The molecule has 0 bridgehead atoms. The van der Waals surface area contributed by atoms with Gasteiger partial charge in [-0.1, -0.05) is 29.3 Å². The molecular formula is C9H11BCl2O3. The summed E-state index contributed by atoms with van der Waals surface area (Å²) in [5.41, 5.74) is 0. The number of hydrogen-bond donors (Lipinski definition) is 2. The molecule has 3 nitrogen and oxygen atoms in total. The standard InChI is InChI=1S/C9H11BCl2O3/c11-7-3-1-4-8(12)9(7)15-6-2-5-10(13)14/h1,3-4,13-14H,2,5-6H2. The van der Waals surface area contributed by atoms with Gasteiger partial charge in [0, 0.05) is 0 Å². The molecule has 0 saturated heterocycles. The van der Waals surface area contributed by atoms with Crippen molar-refractivity contribution in [3.05, 3.63) is 28.2 Å². The van der Waals surface area contributed by atoms with Gasteiger partial charge in [-0.25, -0.2) is 0 Å². The molecule has 15 heavy (non-hydrogen) atoms. The summed E-state index contributed by atoms with van der Waals surface area (Å²) in [4.78, 5) is 0. The molecule has 0 radical (unpaired) electrons. The molecule has 0 aromatic heterocycles. The van der Waals surface area contributed by atoms with Crippen molar-refractivity contribution in [3.63, 3.8) is 0 Å². The molecule has 0 aliphatic carbocycles. The van der Waals surface area contributed by atoms with Gasteiger partial charge in [-0.05, 0) is 24.9 Å². The Bertz CT molecular complexity index is 300. The molecule has 0 unspecified atom stereocenters. The topological polar surface area (TPSA) is 49.7 Å². The van der Waals surface area contributed by atoms with Gasteiger partial charge in [0.1, 0.15) is 0 Å². The third kappa shape index (κ3) is 4.30. The van der Waals surface area contributed by atoms with Gasteiger partial charge in [0.2, 0.25) is 0 Å². The predicted octanol–water partition coefficient (Wildman–Crippen LogP) is 2.24. The zero-order valence-electron chi connectivity index (χ0n) is 7.99. The van der Waals surface area contributed by atoms with Crippen LogP contribution in [0.5, 0.6) is 5.75 Å². The molecule has 0 heterocycles. The third-order valence-corrected chi connectivity index (χ3v) is 2.37. The second-order valence-corrected chi connectivity index (χ2v) is 3.84. The Hall–Kier alpha value is -0.415. The first-order chi connectivity index (χ1) is 7.11. The molecule has 82 valence electrons. The molecule has 0 aliphatic rings. The van der Waals surface area contributed by atoms with Crippen molar-refractivity contribution in [3.8, 4) is 5.75 Å². The molecule has 2 N–H and O–H groups in total. The van der Waals surface area contributed by atoms with E-state index in [2.05, 4.69) is 0 Å². The fourth-order valence-electron chi connectivity index (χ4n) is 1.06. The maximum atomic E-state index is 8.61. The molecule has 1 rings (SSSR count). The van der Waals surface area contributed by atoms with Crippen molar-refractivity contribution in [2.24, 2.45) is 0 Å². The molecule has 0 fully saturated rings. The lowest BCUT2D eigenvalue weighted by atomic mass is 9.85. The summed E-state index contributed by atoms with van der Waals surface area (Å²) >= 11 is 11.7. The van der Waals surface area contributed by atoms with Crippen LogP contribution in [0.3, 0.4) is 0 Å². The van der Waals surface area contributed by atoms with E-state index in [1.165, 1.54) is 0 Å². The lowest BCUT2D eigenvalue weighted by Crippen LogP contribution is -2.11. The minimum absolute atomic E-state index is 0.266. The van der Waals surface area contributed by atoms with Gasteiger partial charge in [0.25, 0.3) is 0 Å². The van der Waals surface area contributed by atoms with Crippen molar-refractivity contribution in [2.75, 3.05) is 6.61 Å². The van der Waals surface area contributed by atoms with Gasteiger partial charge in [0.15, 0.2) is 5.75 Å². The van der Waals surface area contributed by atoms with Crippen LogP contribution in [0.2, 0.25) is 16.4 Å². The largest absolute Gasteiger partial charge is 0.490 e. The Morgan fingerprint density at radius 1 is 1.20 bits per heavy atom. The van der Waals surface area contributed by atoms with Crippen molar-refractivity contribution < 1.29 is 14.8 Å². The highest BCUT2D eigenvalue weighted by atomic mass is 35.5. The first kappa shape index (κ1) is 12.7. The minimum Gasteiger partial charge on any atom is -0.490 e. The molecule has 6 heteroatoms. The summed E-state index contributed by atoms with van der Waals surface area (Å²) < 4.78 is 5.33. The minimum atomic E-state index is -1.30. The van der Waals surface area contributed by atoms with Gasteiger partial charge < -0.3 is 14.8 Å². The highest BCUT2D eigenvalue weighted by molar-refractivity contribution is 6.40. The average molecular weight is 249 g/mol. The number of hydrogen-bond acceptors (Lipinski definition) is 3. The van der Waals surface area contributed by atoms with Gasteiger partial charge in [-0.2, -0.15) is 0 Å². The summed E-state index contributed by atoms with van der Waals surface area (Å²) in [6.45, 7) is 0.348. The monoisotopic (exact) mass is 248 g/mol. The maximum absolute atomic E-state index is 8.61. The second kappa shape index (κ2) is 6.23. The van der Waals surface area contributed by atoms with Crippen LogP contribution in [0.25, 0.3) is 0 Å². The Labute approximate surface area is 98.7 Å². The van der Waals surface area contributed by atoms with Gasteiger partial charge in [-0.3, -0.25) is 0 Å². The highest BCUT2D eigenvalue weighted by Gasteiger charge is 2.08. The van der Waals surface area contributed by atoms with Gasteiger partial charge in [0.05, 0.1) is 16.7 Å². The third-order valence-electron chi connectivity index (χ3n) is 1.77. The van der Waals surface area contributed by atoms with Crippen molar-refractivity contribution >= 4 is 30.3 Å². The van der Waals surface area contributed by atoms with E-state index in [0.29, 0.717) is 28.8 Å². The van der Waals surface area contributed by atoms with E-state index in [4.69, 9.17) is 38.0 Å². The predicted molar refractivity (Wildman–Crippen MR) is 61.6 cm³/mol. The van der Waals surface area contributed by atoms with Crippen LogP contribution in [-0.4, -0.2) is 23.8 Å². The second-order valence-electron chi connectivity index (χ2n) is 3.02. The zero-order valence-corrected chi connectivity index (χ0v) is 9.50.